The number of Topliss-reactive ketones (excluding diaryl/α,β-unsaturated/α-hetero) is 1. The van der Waals surface area contributed by atoms with Crippen molar-refractivity contribution in [3.05, 3.63) is 34.9 Å². The number of benzene rings is 1. The summed E-state index contributed by atoms with van der Waals surface area (Å²) in [7, 11) is 1.83. The van der Waals surface area contributed by atoms with Gasteiger partial charge in [-0.1, -0.05) is 23.7 Å². The molecular formula is C13H15ClN2O. The van der Waals surface area contributed by atoms with Crippen LogP contribution in [0.3, 0.4) is 0 Å². The van der Waals surface area contributed by atoms with Crippen LogP contribution in [0.5, 0.6) is 0 Å². The molecule has 0 amide bonds. The summed E-state index contributed by atoms with van der Waals surface area (Å²) in [6, 6.07) is 9.16. The third-order valence-corrected chi connectivity index (χ3v) is 3.04. The van der Waals surface area contributed by atoms with Gasteiger partial charge in [-0.05, 0) is 26.1 Å². The zero-order chi connectivity index (χ0) is 12.8. The van der Waals surface area contributed by atoms with Crippen LogP contribution in [0.4, 0.5) is 0 Å². The Morgan fingerprint density at radius 1 is 1.53 bits per heavy atom. The van der Waals surface area contributed by atoms with E-state index in [-0.39, 0.29) is 18.4 Å². The van der Waals surface area contributed by atoms with Crippen LogP contribution in [0.25, 0.3) is 0 Å². The molecule has 0 saturated carbocycles. The van der Waals surface area contributed by atoms with Crippen molar-refractivity contribution in [3.8, 4) is 6.07 Å². The number of rotatable bonds is 5. The Labute approximate surface area is 107 Å². The standard InChI is InChI=1S/C13H15ClN2O/c1-10(7-8-15)16(2)9-13(17)11-5-3-4-6-12(11)14/h3-6,10H,7,9H2,1-2H3. The molecule has 0 fully saturated rings. The van der Waals surface area contributed by atoms with Gasteiger partial charge in [0.25, 0.3) is 0 Å². The Morgan fingerprint density at radius 3 is 2.76 bits per heavy atom. The first kappa shape index (κ1) is 13.7. The third kappa shape index (κ3) is 3.85. The third-order valence-electron chi connectivity index (χ3n) is 2.71. The van der Waals surface area contributed by atoms with Crippen molar-refractivity contribution in [1.29, 1.82) is 5.26 Å². The average Bonchev–Trinajstić information content (AvgIpc) is 2.29. The first-order chi connectivity index (χ1) is 8.06. The Morgan fingerprint density at radius 2 is 2.18 bits per heavy atom. The Balaban J connectivity index is 2.68. The van der Waals surface area contributed by atoms with E-state index in [4.69, 9.17) is 16.9 Å². The molecule has 0 aliphatic heterocycles. The first-order valence-corrected chi connectivity index (χ1v) is 5.79. The number of nitrogens with zero attached hydrogens (tertiary/aromatic N) is 2. The predicted octanol–water partition coefficient (Wildman–Crippen LogP) is 2.76. The molecule has 1 unspecified atom stereocenters. The largest absolute Gasteiger partial charge is 0.295 e. The molecule has 0 aliphatic carbocycles. The van der Waals surface area contributed by atoms with Gasteiger partial charge in [0.05, 0.1) is 24.1 Å². The molecule has 0 aliphatic rings. The van der Waals surface area contributed by atoms with Crippen molar-refractivity contribution in [3.63, 3.8) is 0 Å². The number of likely N-dealkylation sites (N-methyl/N-ethyl adjacent to an activating group) is 1. The summed E-state index contributed by atoms with van der Waals surface area (Å²) in [5.41, 5.74) is 0.533. The summed E-state index contributed by atoms with van der Waals surface area (Å²) < 4.78 is 0. The maximum atomic E-state index is 12.0. The van der Waals surface area contributed by atoms with Crippen LogP contribution in [-0.4, -0.2) is 30.3 Å². The van der Waals surface area contributed by atoms with Gasteiger partial charge in [0.2, 0.25) is 0 Å². The van der Waals surface area contributed by atoms with E-state index in [2.05, 4.69) is 6.07 Å². The van der Waals surface area contributed by atoms with E-state index >= 15 is 0 Å². The Kier molecular flexibility index (Phi) is 5.14. The number of halogens is 1. The van der Waals surface area contributed by atoms with Gasteiger partial charge in [0, 0.05) is 11.6 Å². The van der Waals surface area contributed by atoms with Gasteiger partial charge >= 0.3 is 0 Å². The molecule has 0 saturated heterocycles. The molecule has 0 N–H and O–H groups in total. The summed E-state index contributed by atoms with van der Waals surface area (Å²) in [5, 5.41) is 9.07. The molecule has 3 nitrogen and oxygen atoms in total. The van der Waals surface area contributed by atoms with E-state index in [9.17, 15) is 4.79 Å². The molecule has 1 aromatic carbocycles. The van der Waals surface area contributed by atoms with Crippen molar-refractivity contribution in [1.82, 2.24) is 4.90 Å². The summed E-state index contributed by atoms with van der Waals surface area (Å²) >= 11 is 5.95. The van der Waals surface area contributed by atoms with Crippen molar-refractivity contribution in [2.45, 2.75) is 19.4 Å². The minimum atomic E-state index is -0.0251. The lowest BCUT2D eigenvalue weighted by Gasteiger charge is -2.21. The zero-order valence-electron chi connectivity index (χ0n) is 9.98. The van der Waals surface area contributed by atoms with Gasteiger partial charge in [0.15, 0.2) is 5.78 Å². The second-order valence-electron chi connectivity index (χ2n) is 4.03. The van der Waals surface area contributed by atoms with E-state index in [0.29, 0.717) is 17.0 Å². The SMILES string of the molecule is CC(CC#N)N(C)CC(=O)c1ccccc1Cl. The second-order valence-corrected chi connectivity index (χ2v) is 4.44. The van der Waals surface area contributed by atoms with Gasteiger partial charge < -0.3 is 0 Å². The molecule has 0 spiro atoms. The van der Waals surface area contributed by atoms with E-state index in [0.717, 1.165) is 0 Å². The number of ketones is 1. The van der Waals surface area contributed by atoms with Gasteiger partial charge in [-0.25, -0.2) is 0 Å². The Hall–Kier alpha value is -1.37. The predicted molar refractivity (Wildman–Crippen MR) is 68.1 cm³/mol. The number of hydrogen-bond acceptors (Lipinski definition) is 3. The van der Waals surface area contributed by atoms with Crippen molar-refractivity contribution in [2.24, 2.45) is 0 Å². The number of nitriles is 1. The van der Waals surface area contributed by atoms with Crippen LogP contribution in [0.1, 0.15) is 23.7 Å². The summed E-state index contributed by atoms with van der Waals surface area (Å²) in [6.45, 7) is 2.19. The monoisotopic (exact) mass is 250 g/mol. The van der Waals surface area contributed by atoms with Crippen molar-refractivity contribution < 1.29 is 4.79 Å². The quantitative estimate of drug-likeness (QED) is 0.755. The average molecular weight is 251 g/mol. The minimum absolute atomic E-state index is 0.0251. The topological polar surface area (TPSA) is 44.1 Å². The lowest BCUT2D eigenvalue weighted by atomic mass is 10.1. The molecule has 4 heteroatoms. The van der Waals surface area contributed by atoms with Crippen molar-refractivity contribution >= 4 is 17.4 Å². The lowest BCUT2D eigenvalue weighted by molar-refractivity contribution is 0.0926. The lowest BCUT2D eigenvalue weighted by Crippen LogP contribution is -2.33. The number of hydrogen-bond donors (Lipinski definition) is 0. The van der Waals surface area contributed by atoms with Crippen LogP contribution in [0, 0.1) is 11.3 Å². The van der Waals surface area contributed by atoms with Crippen LogP contribution in [-0.2, 0) is 0 Å². The molecule has 17 heavy (non-hydrogen) atoms. The zero-order valence-corrected chi connectivity index (χ0v) is 10.7. The van der Waals surface area contributed by atoms with Crippen LogP contribution < -0.4 is 0 Å². The number of carbonyl (C=O) groups is 1. The molecule has 1 atom stereocenters. The van der Waals surface area contributed by atoms with E-state index in [1.54, 1.807) is 24.3 Å². The normalized spacial score (nSPS) is 12.2. The van der Waals surface area contributed by atoms with E-state index < -0.39 is 0 Å². The molecular weight excluding hydrogens is 236 g/mol. The van der Waals surface area contributed by atoms with Gasteiger partial charge in [-0.2, -0.15) is 5.26 Å². The molecule has 90 valence electrons. The highest BCUT2D eigenvalue weighted by molar-refractivity contribution is 6.34. The molecule has 0 aromatic heterocycles. The fraction of sp³-hybridized carbons (Fsp3) is 0.385. The van der Waals surface area contributed by atoms with Crippen molar-refractivity contribution in [2.75, 3.05) is 13.6 Å². The summed E-state index contributed by atoms with van der Waals surface area (Å²) in [5.74, 6) is -0.0251. The number of carbonyl (C=O) groups excluding carboxylic acids is 1. The van der Waals surface area contributed by atoms with Crippen LogP contribution in [0.2, 0.25) is 5.02 Å². The fourth-order valence-electron chi connectivity index (χ4n) is 1.44. The smallest absolute Gasteiger partial charge is 0.178 e. The molecule has 0 heterocycles. The molecule has 1 rings (SSSR count). The molecule has 0 bridgehead atoms. The van der Waals surface area contributed by atoms with Gasteiger partial charge in [-0.3, -0.25) is 9.69 Å². The van der Waals surface area contributed by atoms with E-state index in [1.165, 1.54) is 0 Å². The summed E-state index contributed by atoms with van der Waals surface area (Å²) in [6.07, 6.45) is 0.409. The maximum Gasteiger partial charge on any atom is 0.178 e. The first-order valence-electron chi connectivity index (χ1n) is 5.41. The minimum Gasteiger partial charge on any atom is -0.295 e. The highest BCUT2D eigenvalue weighted by atomic mass is 35.5. The van der Waals surface area contributed by atoms with Gasteiger partial charge in [-0.15, -0.1) is 0 Å². The second kappa shape index (κ2) is 6.39. The Bertz CT molecular complexity index is 439. The van der Waals surface area contributed by atoms with Gasteiger partial charge in [0.1, 0.15) is 0 Å². The highest BCUT2D eigenvalue weighted by Crippen LogP contribution is 2.16. The fourth-order valence-corrected chi connectivity index (χ4v) is 1.68. The highest BCUT2D eigenvalue weighted by Gasteiger charge is 2.15. The molecule has 1 aromatic rings. The van der Waals surface area contributed by atoms with Crippen LogP contribution in [0.15, 0.2) is 24.3 Å². The maximum absolute atomic E-state index is 12.0. The van der Waals surface area contributed by atoms with Crippen LogP contribution >= 0.6 is 11.6 Å². The summed E-state index contributed by atoms with van der Waals surface area (Å²) in [4.78, 5) is 13.8. The molecule has 0 radical (unpaired) electrons. The van der Waals surface area contributed by atoms with E-state index in [1.807, 2.05) is 18.9 Å².